The molecule has 32 heavy (non-hydrogen) atoms. The Kier molecular flexibility index (Phi) is 6.09. The zero-order valence-electron chi connectivity index (χ0n) is 17.6. The molecule has 0 amide bonds. The van der Waals surface area contributed by atoms with Crippen LogP contribution in [0.5, 0.6) is 0 Å². The van der Waals surface area contributed by atoms with Gasteiger partial charge < -0.3 is 9.64 Å². The number of fused-ring (bicyclic) bond motifs is 1. The number of aromatic nitrogens is 1. The van der Waals surface area contributed by atoms with Gasteiger partial charge in [0, 0.05) is 37.8 Å². The second kappa shape index (κ2) is 8.67. The van der Waals surface area contributed by atoms with Crippen LogP contribution in [0, 0.1) is 0 Å². The monoisotopic (exact) mass is 475 g/mol. The maximum Gasteiger partial charge on any atom is 0.340 e. The molecular weight excluding hydrogens is 454 g/mol. The Morgan fingerprint density at radius 2 is 1.69 bits per heavy atom. The van der Waals surface area contributed by atoms with E-state index < -0.39 is 21.9 Å². The fourth-order valence-corrected chi connectivity index (χ4v) is 5.40. The second-order valence-corrected chi connectivity index (χ2v) is 9.92. The highest BCUT2D eigenvalue weighted by molar-refractivity contribution is 7.89. The van der Waals surface area contributed by atoms with Crippen LogP contribution in [0.1, 0.15) is 20.7 Å². The van der Waals surface area contributed by atoms with Crippen molar-refractivity contribution in [2.24, 2.45) is 0 Å². The predicted octanol–water partition coefficient (Wildman–Crippen LogP) is 2.71. The highest BCUT2D eigenvalue weighted by atomic mass is 35.5. The van der Waals surface area contributed by atoms with Crippen molar-refractivity contribution in [3.63, 3.8) is 0 Å². The minimum absolute atomic E-state index is 0.000504. The van der Waals surface area contributed by atoms with Crippen LogP contribution < -0.4 is 0 Å². The van der Waals surface area contributed by atoms with E-state index in [9.17, 15) is 18.0 Å². The Morgan fingerprint density at radius 3 is 2.38 bits per heavy atom. The molecule has 0 saturated carbocycles. The first-order valence-corrected chi connectivity index (χ1v) is 11.8. The highest BCUT2D eigenvalue weighted by Gasteiger charge is 2.29. The summed E-state index contributed by atoms with van der Waals surface area (Å²) in [7, 11) is -0.581. The Bertz CT molecular complexity index is 1310. The highest BCUT2D eigenvalue weighted by Crippen LogP contribution is 2.28. The van der Waals surface area contributed by atoms with E-state index in [0.717, 1.165) is 0 Å². The van der Waals surface area contributed by atoms with Crippen LogP contribution >= 0.6 is 11.6 Å². The van der Waals surface area contributed by atoms with Crippen LogP contribution in [-0.4, -0.2) is 74.4 Å². The van der Waals surface area contributed by atoms with Gasteiger partial charge in [0.05, 0.1) is 33.7 Å². The number of nitrogens with zero attached hydrogens (tertiary/aromatic N) is 3. The molecule has 1 saturated heterocycles. The molecule has 0 spiro atoms. The van der Waals surface area contributed by atoms with E-state index in [-0.39, 0.29) is 21.0 Å². The number of sulfonamides is 1. The summed E-state index contributed by atoms with van der Waals surface area (Å²) in [6, 6.07) is 11.0. The van der Waals surface area contributed by atoms with Gasteiger partial charge in [0.2, 0.25) is 10.0 Å². The number of likely N-dealkylation sites (N-methyl/N-ethyl adjacent to an activating group) is 1. The molecule has 1 fully saturated rings. The van der Waals surface area contributed by atoms with Crippen molar-refractivity contribution in [2.75, 3.05) is 40.3 Å². The molecule has 0 N–H and O–H groups in total. The number of ether oxygens (including phenoxy) is 1. The summed E-state index contributed by atoms with van der Waals surface area (Å²) in [5.74, 6) is -1.12. The number of carbonyl (C=O) groups is 2. The molecule has 1 aliphatic rings. The molecule has 0 bridgehead atoms. The predicted molar refractivity (Wildman–Crippen MR) is 121 cm³/mol. The van der Waals surface area contributed by atoms with Crippen molar-refractivity contribution in [1.29, 1.82) is 0 Å². The van der Waals surface area contributed by atoms with Gasteiger partial charge in [-0.25, -0.2) is 13.2 Å². The lowest BCUT2D eigenvalue weighted by molar-refractivity contribution is 0.0603. The molecule has 3 aromatic rings. The normalized spacial score (nSPS) is 15.7. The van der Waals surface area contributed by atoms with E-state index in [1.54, 1.807) is 24.3 Å². The number of carbonyl (C=O) groups excluding carboxylic acids is 2. The first-order chi connectivity index (χ1) is 15.2. The summed E-state index contributed by atoms with van der Waals surface area (Å²) in [5, 5.41) is 0.662. The molecule has 168 valence electrons. The number of rotatable bonds is 4. The maximum atomic E-state index is 13.4. The first-order valence-electron chi connectivity index (χ1n) is 9.95. The Hall–Kier alpha value is -2.72. The fourth-order valence-electron chi connectivity index (χ4n) is 3.76. The van der Waals surface area contributed by atoms with Crippen molar-refractivity contribution in [3.05, 3.63) is 64.8 Å². The third kappa shape index (κ3) is 3.93. The number of hydrogen-bond donors (Lipinski definition) is 0. The zero-order valence-corrected chi connectivity index (χ0v) is 19.2. The number of benzene rings is 2. The van der Waals surface area contributed by atoms with Gasteiger partial charge in [-0.2, -0.15) is 4.31 Å². The number of para-hydroxylation sites is 1. The van der Waals surface area contributed by atoms with E-state index in [1.165, 1.54) is 40.4 Å². The van der Waals surface area contributed by atoms with Crippen LogP contribution in [0.2, 0.25) is 5.02 Å². The Labute approximate surface area is 191 Å². The van der Waals surface area contributed by atoms with Crippen LogP contribution in [0.3, 0.4) is 0 Å². The van der Waals surface area contributed by atoms with E-state index in [4.69, 9.17) is 16.3 Å². The molecule has 1 aromatic heterocycles. The lowest BCUT2D eigenvalue weighted by Gasteiger charge is -2.31. The quantitative estimate of drug-likeness (QED) is 0.539. The molecule has 1 aliphatic heterocycles. The lowest BCUT2D eigenvalue weighted by Crippen LogP contribution is -2.47. The molecule has 0 aliphatic carbocycles. The van der Waals surface area contributed by atoms with Gasteiger partial charge in [0.25, 0.3) is 5.91 Å². The minimum atomic E-state index is -3.78. The van der Waals surface area contributed by atoms with Gasteiger partial charge >= 0.3 is 5.97 Å². The maximum absolute atomic E-state index is 13.4. The molecule has 2 aromatic carbocycles. The van der Waals surface area contributed by atoms with E-state index in [1.807, 2.05) is 7.05 Å². The van der Waals surface area contributed by atoms with Crippen molar-refractivity contribution < 1.29 is 22.7 Å². The van der Waals surface area contributed by atoms with Gasteiger partial charge in [-0.15, -0.1) is 0 Å². The summed E-state index contributed by atoms with van der Waals surface area (Å²) in [6.45, 7) is 2.00. The van der Waals surface area contributed by atoms with Crippen molar-refractivity contribution in [3.8, 4) is 0 Å². The third-order valence-corrected chi connectivity index (χ3v) is 7.83. The van der Waals surface area contributed by atoms with Gasteiger partial charge in [0.15, 0.2) is 0 Å². The molecule has 0 unspecified atom stereocenters. The topological polar surface area (TPSA) is 88.9 Å². The smallest absolute Gasteiger partial charge is 0.340 e. The van der Waals surface area contributed by atoms with Crippen LogP contribution in [0.15, 0.2) is 53.6 Å². The number of piperazine rings is 1. The number of hydrogen-bond acceptors (Lipinski definition) is 6. The minimum Gasteiger partial charge on any atom is -0.465 e. The van der Waals surface area contributed by atoms with Crippen molar-refractivity contribution >= 4 is 44.4 Å². The number of halogens is 1. The summed E-state index contributed by atoms with van der Waals surface area (Å²) in [5.41, 5.74) is 0.745. The van der Waals surface area contributed by atoms with E-state index in [0.29, 0.717) is 37.1 Å². The average Bonchev–Trinajstić information content (AvgIpc) is 3.18. The van der Waals surface area contributed by atoms with Gasteiger partial charge in [0.1, 0.15) is 0 Å². The average molecular weight is 476 g/mol. The standard InChI is InChI=1S/C22H22ClN3O5S/c1-24-9-11-25(12-10-24)32(29,30)15-7-8-19(23)17(13-15)21(27)26-14-18(22(28)31-2)16-5-3-4-6-20(16)26/h3-8,13-14H,9-12H2,1-2H3. The molecule has 0 atom stereocenters. The number of methoxy groups -OCH3 is 1. The summed E-state index contributed by atoms with van der Waals surface area (Å²) < 4.78 is 33.8. The number of esters is 1. The van der Waals surface area contributed by atoms with Crippen molar-refractivity contribution in [1.82, 2.24) is 13.8 Å². The van der Waals surface area contributed by atoms with Crippen LogP contribution in [0.25, 0.3) is 10.9 Å². The Morgan fingerprint density at radius 1 is 1.00 bits per heavy atom. The van der Waals surface area contributed by atoms with E-state index in [2.05, 4.69) is 4.90 Å². The van der Waals surface area contributed by atoms with E-state index >= 15 is 0 Å². The molecule has 10 heteroatoms. The Balaban J connectivity index is 1.77. The molecule has 8 nitrogen and oxygen atoms in total. The molecule has 0 radical (unpaired) electrons. The summed E-state index contributed by atoms with van der Waals surface area (Å²) in [6.07, 6.45) is 1.39. The largest absolute Gasteiger partial charge is 0.465 e. The van der Waals surface area contributed by atoms with Gasteiger partial charge in [-0.05, 0) is 31.3 Å². The fraction of sp³-hybridized carbons (Fsp3) is 0.273. The molecular formula is C22H22ClN3O5S. The van der Waals surface area contributed by atoms with Crippen molar-refractivity contribution in [2.45, 2.75) is 4.90 Å². The second-order valence-electron chi connectivity index (χ2n) is 7.58. The first kappa shape index (κ1) is 22.5. The summed E-state index contributed by atoms with van der Waals surface area (Å²) in [4.78, 5) is 27.7. The SMILES string of the molecule is COC(=O)c1cn(C(=O)c2cc(S(=O)(=O)N3CCN(C)CC3)ccc2Cl)c2ccccc12. The molecule has 4 rings (SSSR count). The summed E-state index contributed by atoms with van der Waals surface area (Å²) >= 11 is 6.30. The van der Waals surface area contributed by atoms with Crippen LogP contribution in [0.4, 0.5) is 0 Å². The lowest BCUT2D eigenvalue weighted by atomic mass is 10.2. The third-order valence-electron chi connectivity index (χ3n) is 5.60. The van der Waals surface area contributed by atoms with Gasteiger partial charge in [-0.3, -0.25) is 9.36 Å². The van der Waals surface area contributed by atoms with Gasteiger partial charge in [-0.1, -0.05) is 29.8 Å². The molecule has 2 heterocycles. The van der Waals surface area contributed by atoms with Crippen LogP contribution in [-0.2, 0) is 14.8 Å². The zero-order chi connectivity index (χ0) is 23.0.